The van der Waals surface area contributed by atoms with Crippen molar-refractivity contribution < 1.29 is 4.79 Å². The highest BCUT2D eigenvalue weighted by molar-refractivity contribution is 8.04. The predicted octanol–water partition coefficient (Wildman–Crippen LogP) is 3.74. The number of imidazole rings is 1. The van der Waals surface area contributed by atoms with Gasteiger partial charge in [0.25, 0.3) is 5.91 Å². The zero-order chi connectivity index (χ0) is 21.4. The molecule has 2 aromatic heterocycles. The summed E-state index contributed by atoms with van der Waals surface area (Å²) in [5, 5.41) is 13.2. The molecule has 5 rings (SSSR count). The van der Waals surface area contributed by atoms with E-state index in [-0.39, 0.29) is 11.9 Å². The third-order valence-corrected chi connectivity index (χ3v) is 7.00. The molecular weight excluding hydrogens is 406 g/mol. The van der Waals surface area contributed by atoms with Crippen molar-refractivity contribution in [2.24, 2.45) is 0 Å². The zero-order valence-corrected chi connectivity index (χ0v) is 18.2. The normalized spacial score (nSPS) is 16.7. The Bertz CT molecular complexity index is 1210. The molecule has 0 aliphatic carbocycles. The Kier molecular flexibility index (Phi) is 5.26. The van der Waals surface area contributed by atoms with Gasteiger partial charge in [0.1, 0.15) is 5.65 Å². The fourth-order valence-electron chi connectivity index (χ4n) is 4.26. The molecule has 1 fully saturated rings. The van der Waals surface area contributed by atoms with Crippen molar-refractivity contribution in [1.29, 1.82) is 5.26 Å². The fourth-order valence-corrected chi connectivity index (χ4v) is 5.24. The van der Waals surface area contributed by atoms with Gasteiger partial charge in [-0.2, -0.15) is 5.26 Å². The van der Waals surface area contributed by atoms with Crippen LogP contribution in [0.4, 0.5) is 0 Å². The van der Waals surface area contributed by atoms with Crippen LogP contribution >= 0.6 is 11.8 Å². The maximum Gasteiger partial charge on any atom is 0.258 e. The first kappa shape index (κ1) is 19.9. The number of nitrogens with one attached hydrogen (secondary N) is 1. The van der Waals surface area contributed by atoms with E-state index in [0.29, 0.717) is 5.56 Å². The number of nitriles is 1. The van der Waals surface area contributed by atoms with Gasteiger partial charge in [0.05, 0.1) is 33.0 Å². The molecule has 0 radical (unpaired) electrons. The smallest absolute Gasteiger partial charge is 0.258 e. The van der Waals surface area contributed by atoms with E-state index in [1.807, 2.05) is 55.5 Å². The van der Waals surface area contributed by atoms with E-state index in [1.165, 1.54) is 17.3 Å². The van der Waals surface area contributed by atoms with Gasteiger partial charge in [0.2, 0.25) is 0 Å². The summed E-state index contributed by atoms with van der Waals surface area (Å²) < 4.78 is 2.11. The van der Waals surface area contributed by atoms with Crippen LogP contribution < -0.4 is 5.32 Å². The number of aromatic nitrogens is 2. The first-order valence-corrected chi connectivity index (χ1v) is 11.3. The van der Waals surface area contributed by atoms with Gasteiger partial charge in [-0.3, -0.25) is 14.1 Å². The first-order valence-electron chi connectivity index (χ1n) is 10.5. The highest BCUT2D eigenvalue weighted by Gasteiger charge is 2.25. The van der Waals surface area contributed by atoms with Gasteiger partial charge in [0.15, 0.2) is 0 Å². The Morgan fingerprint density at radius 2 is 2.00 bits per heavy atom. The van der Waals surface area contributed by atoms with Crippen molar-refractivity contribution in [3.63, 3.8) is 0 Å². The molecular formula is C24H23N5OS. The molecule has 2 aliphatic rings. The standard InChI is InChI=1S/C24H23N5OS/c1-16-20-13-21(31-23-4-2-3-22(26-16)29(20)23)24(30)27-19-9-11-28(12-10-19)15-18-7-5-17(14-25)6-8-18/h2-8,13,19H,9-12,15H2,1H3,(H,27,30). The highest BCUT2D eigenvalue weighted by atomic mass is 32.2. The second kappa shape index (κ2) is 8.22. The Morgan fingerprint density at radius 1 is 1.23 bits per heavy atom. The van der Waals surface area contributed by atoms with Crippen LogP contribution in [0.15, 0.2) is 52.4 Å². The summed E-state index contributed by atoms with van der Waals surface area (Å²) in [6.07, 6.45) is 3.83. The molecule has 1 N–H and O–H groups in total. The average molecular weight is 430 g/mol. The van der Waals surface area contributed by atoms with Gasteiger partial charge >= 0.3 is 0 Å². The molecule has 31 heavy (non-hydrogen) atoms. The maximum absolute atomic E-state index is 13.0. The lowest BCUT2D eigenvalue weighted by atomic mass is 10.0. The van der Waals surface area contributed by atoms with Gasteiger partial charge in [0, 0.05) is 25.7 Å². The van der Waals surface area contributed by atoms with Crippen LogP contribution in [0, 0.1) is 18.3 Å². The predicted molar refractivity (Wildman–Crippen MR) is 121 cm³/mol. The molecule has 1 aromatic carbocycles. The number of carbonyl (C=O) groups is 1. The number of likely N-dealkylation sites (tertiary alicyclic amines) is 1. The molecule has 1 amide bonds. The van der Waals surface area contributed by atoms with Crippen molar-refractivity contribution in [2.75, 3.05) is 13.1 Å². The van der Waals surface area contributed by atoms with Crippen molar-refractivity contribution in [2.45, 2.75) is 37.4 Å². The van der Waals surface area contributed by atoms with Gasteiger partial charge in [-0.15, -0.1) is 0 Å². The number of carbonyl (C=O) groups excluding carboxylic acids is 1. The van der Waals surface area contributed by atoms with Crippen LogP contribution in [0.1, 0.15) is 35.4 Å². The van der Waals surface area contributed by atoms with E-state index in [2.05, 4.69) is 25.7 Å². The lowest BCUT2D eigenvalue weighted by Gasteiger charge is -2.32. The monoisotopic (exact) mass is 429 g/mol. The van der Waals surface area contributed by atoms with Crippen LogP contribution in [0.2, 0.25) is 0 Å². The first-order chi connectivity index (χ1) is 15.1. The molecule has 2 aliphatic heterocycles. The van der Waals surface area contributed by atoms with Crippen molar-refractivity contribution in [3.8, 4) is 6.07 Å². The van der Waals surface area contributed by atoms with E-state index in [1.54, 1.807) is 0 Å². The van der Waals surface area contributed by atoms with Crippen molar-refractivity contribution in [3.05, 3.63) is 69.9 Å². The minimum Gasteiger partial charge on any atom is -0.349 e. The largest absolute Gasteiger partial charge is 0.349 e. The molecule has 6 nitrogen and oxygen atoms in total. The molecule has 1 saturated heterocycles. The average Bonchev–Trinajstić information content (AvgIpc) is 3.12. The number of hydrogen-bond donors (Lipinski definition) is 1. The van der Waals surface area contributed by atoms with Gasteiger partial charge in [-0.1, -0.05) is 30.0 Å². The third kappa shape index (κ3) is 3.97. The second-order valence-electron chi connectivity index (χ2n) is 8.08. The lowest BCUT2D eigenvalue weighted by Crippen LogP contribution is -2.44. The number of hydrogen-bond acceptors (Lipinski definition) is 5. The number of pyridine rings is 1. The molecule has 156 valence electrons. The third-order valence-electron chi connectivity index (χ3n) is 5.95. The Balaban J connectivity index is 1.19. The van der Waals surface area contributed by atoms with E-state index >= 15 is 0 Å². The molecule has 4 heterocycles. The Labute approximate surface area is 185 Å². The van der Waals surface area contributed by atoms with Crippen molar-refractivity contribution >= 4 is 29.4 Å². The quantitative estimate of drug-likeness (QED) is 0.684. The molecule has 7 heteroatoms. The van der Waals surface area contributed by atoms with Gasteiger partial charge in [-0.25, -0.2) is 4.98 Å². The molecule has 0 unspecified atom stereocenters. The van der Waals surface area contributed by atoms with E-state index in [4.69, 9.17) is 5.26 Å². The molecule has 0 saturated carbocycles. The highest BCUT2D eigenvalue weighted by Crippen LogP contribution is 2.35. The van der Waals surface area contributed by atoms with E-state index in [9.17, 15) is 4.79 Å². The van der Waals surface area contributed by atoms with Crippen LogP contribution in [0.5, 0.6) is 0 Å². The van der Waals surface area contributed by atoms with E-state index < -0.39 is 0 Å². The minimum atomic E-state index is -0.000560. The maximum atomic E-state index is 13.0. The second-order valence-corrected chi connectivity index (χ2v) is 9.15. The summed E-state index contributed by atoms with van der Waals surface area (Å²) in [6, 6.07) is 16.1. The summed E-state index contributed by atoms with van der Waals surface area (Å²) in [7, 11) is 0. The number of amides is 1. The molecule has 0 bridgehead atoms. The fraction of sp³-hybridized carbons (Fsp3) is 0.292. The summed E-state index contributed by atoms with van der Waals surface area (Å²) in [5.74, 6) is -0.000560. The summed E-state index contributed by atoms with van der Waals surface area (Å²) in [4.78, 5) is 20.7. The summed E-state index contributed by atoms with van der Waals surface area (Å²) >= 11 is 1.50. The topological polar surface area (TPSA) is 73.4 Å². The van der Waals surface area contributed by atoms with Gasteiger partial charge in [-0.05, 0) is 55.7 Å². The number of rotatable bonds is 4. The van der Waals surface area contributed by atoms with Crippen LogP contribution in [-0.4, -0.2) is 39.3 Å². The number of thioether (sulfide) groups is 1. The Morgan fingerprint density at radius 3 is 2.74 bits per heavy atom. The van der Waals surface area contributed by atoms with Crippen LogP contribution in [0.25, 0.3) is 11.7 Å². The van der Waals surface area contributed by atoms with Gasteiger partial charge < -0.3 is 5.32 Å². The SMILES string of the molecule is Cc1nc2cccc3n2c1C=C(C(=O)NC1CCN(Cc2ccc(C#N)cc2)CC1)S3. The molecule has 3 aromatic rings. The Hall–Kier alpha value is -3.08. The summed E-state index contributed by atoms with van der Waals surface area (Å²) in [6.45, 7) is 4.75. The molecule has 0 spiro atoms. The lowest BCUT2D eigenvalue weighted by molar-refractivity contribution is -0.117. The molecule has 0 atom stereocenters. The van der Waals surface area contributed by atoms with Crippen LogP contribution in [0.3, 0.4) is 0 Å². The minimum absolute atomic E-state index is 0.000560. The van der Waals surface area contributed by atoms with Crippen molar-refractivity contribution in [1.82, 2.24) is 19.6 Å². The zero-order valence-electron chi connectivity index (χ0n) is 17.3. The number of nitrogens with zero attached hydrogens (tertiary/aromatic N) is 4. The number of piperidine rings is 1. The van der Waals surface area contributed by atoms with E-state index in [0.717, 1.165) is 59.4 Å². The van der Waals surface area contributed by atoms with Crippen LogP contribution in [-0.2, 0) is 11.3 Å². The number of benzene rings is 1. The summed E-state index contributed by atoms with van der Waals surface area (Å²) in [5.41, 5.74) is 4.75. The number of aryl methyl sites for hydroxylation is 1.